The molecule has 0 aromatic carbocycles. The summed E-state index contributed by atoms with van der Waals surface area (Å²) in [6, 6.07) is 0. The Hall–Kier alpha value is -1.05. The van der Waals surface area contributed by atoms with Crippen molar-refractivity contribution in [3.63, 3.8) is 0 Å². The molecule has 0 aliphatic heterocycles. The summed E-state index contributed by atoms with van der Waals surface area (Å²) in [4.78, 5) is 13.3. The first kappa shape index (κ1) is 37.0. The molecular weight excluding hydrogens is 498 g/mol. The van der Waals surface area contributed by atoms with Crippen LogP contribution in [-0.2, 0) is 42.6 Å². The van der Waals surface area contributed by atoms with Crippen LogP contribution in [0.25, 0.3) is 0 Å². The van der Waals surface area contributed by atoms with Gasteiger partial charge in [0.2, 0.25) is 0 Å². The molecule has 11 nitrogen and oxygen atoms in total. The highest BCUT2D eigenvalue weighted by Gasteiger charge is 2.19. The summed E-state index contributed by atoms with van der Waals surface area (Å²) in [5.74, 6) is 0.597. The minimum atomic E-state index is -0.502. The Bertz CT molecular complexity index is 519. The molecule has 0 N–H and O–H groups in total. The van der Waals surface area contributed by atoms with Crippen molar-refractivity contribution in [3.05, 3.63) is 0 Å². The highest BCUT2D eigenvalue weighted by Crippen LogP contribution is 2.08. The van der Waals surface area contributed by atoms with Gasteiger partial charge in [0.05, 0.1) is 99.1 Å². The third-order valence-corrected chi connectivity index (χ3v) is 4.98. The molecule has 1 atom stereocenters. The molecule has 38 heavy (non-hydrogen) atoms. The maximum absolute atomic E-state index is 11.8. The standard InChI is InChI=1S/C27H55NO10/c1-7-25(2)24-37-23-22-36-21-20-35-19-18-34-17-16-33-15-14-32-13-12-31-11-10-30-9-8-28(6)26(29)38-27(3,4)5/h25H,7-24H2,1-6H3. The fourth-order valence-corrected chi connectivity index (χ4v) is 2.57. The van der Waals surface area contributed by atoms with Crippen LogP contribution >= 0.6 is 0 Å². The lowest BCUT2D eigenvalue weighted by Gasteiger charge is -2.24. The average molecular weight is 554 g/mol. The maximum atomic E-state index is 11.8. The number of rotatable bonds is 27. The molecule has 0 saturated carbocycles. The van der Waals surface area contributed by atoms with Crippen molar-refractivity contribution in [1.29, 1.82) is 0 Å². The summed E-state index contributed by atoms with van der Waals surface area (Å²) in [6.07, 6.45) is 0.773. The zero-order valence-electron chi connectivity index (χ0n) is 24.8. The second-order valence-electron chi connectivity index (χ2n) is 9.78. The third kappa shape index (κ3) is 28.0. The van der Waals surface area contributed by atoms with Gasteiger partial charge >= 0.3 is 6.09 Å². The smallest absolute Gasteiger partial charge is 0.410 e. The van der Waals surface area contributed by atoms with Crippen molar-refractivity contribution in [3.8, 4) is 0 Å². The fraction of sp³-hybridized carbons (Fsp3) is 0.963. The van der Waals surface area contributed by atoms with Gasteiger partial charge in [0.15, 0.2) is 0 Å². The van der Waals surface area contributed by atoms with Gasteiger partial charge in [-0.05, 0) is 26.7 Å². The van der Waals surface area contributed by atoms with Crippen LogP contribution in [0.3, 0.4) is 0 Å². The molecule has 0 spiro atoms. The fourth-order valence-electron chi connectivity index (χ4n) is 2.57. The first-order chi connectivity index (χ1) is 18.3. The van der Waals surface area contributed by atoms with Crippen molar-refractivity contribution in [2.75, 3.05) is 119 Å². The third-order valence-electron chi connectivity index (χ3n) is 4.98. The number of carbonyl (C=O) groups excluding carboxylic acids is 1. The molecule has 0 aromatic rings. The van der Waals surface area contributed by atoms with E-state index in [4.69, 9.17) is 42.6 Å². The summed E-state index contributed by atoms with van der Waals surface area (Å²) in [5.41, 5.74) is -0.502. The summed E-state index contributed by atoms with van der Waals surface area (Å²) >= 11 is 0. The van der Waals surface area contributed by atoms with Crippen LogP contribution < -0.4 is 0 Å². The van der Waals surface area contributed by atoms with Crippen molar-refractivity contribution in [2.45, 2.75) is 46.6 Å². The molecular formula is C27H55NO10. The van der Waals surface area contributed by atoms with Crippen LogP contribution in [-0.4, -0.2) is 136 Å². The molecule has 0 saturated heterocycles. The SMILES string of the molecule is CCC(C)COCCOCCOCCOCCOCCOCCOCCOCCN(C)C(=O)OC(C)(C)C. The van der Waals surface area contributed by atoms with Gasteiger partial charge in [0, 0.05) is 20.2 Å². The number of ether oxygens (including phenoxy) is 9. The van der Waals surface area contributed by atoms with Crippen molar-refractivity contribution >= 4 is 6.09 Å². The Morgan fingerprint density at radius 1 is 0.605 bits per heavy atom. The van der Waals surface area contributed by atoms with E-state index in [1.165, 1.54) is 4.90 Å². The molecule has 0 rings (SSSR count). The monoisotopic (exact) mass is 553 g/mol. The van der Waals surface area contributed by atoms with E-state index in [1.807, 2.05) is 20.8 Å². The topological polar surface area (TPSA) is 103 Å². The molecule has 0 aromatic heterocycles. The van der Waals surface area contributed by atoms with E-state index < -0.39 is 5.60 Å². The quantitative estimate of drug-likeness (QED) is 0.141. The van der Waals surface area contributed by atoms with Crippen LogP contribution in [0.15, 0.2) is 0 Å². The van der Waals surface area contributed by atoms with Gasteiger partial charge in [0.25, 0.3) is 0 Å². The van der Waals surface area contributed by atoms with Gasteiger partial charge in [-0.15, -0.1) is 0 Å². The molecule has 0 heterocycles. The van der Waals surface area contributed by atoms with Gasteiger partial charge in [-0.3, -0.25) is 0 Å². The molecule has 0 aliphatic rings. The highest BCUT2D eigenvalue weighted by atomic mass is 16.6. The van der Waals surface area contributed by atoms with Crippen LogP contribution in [0, 0.1) is 5.92 Å². The molecule has 0 radical (unpaired) electrons. The first-order valence-corrected chi connectivity index (χ1v) is 13.8. The van der Waals surface area contributed by atoms with Gasteiger partial charge < -0.3 is 47.5 Å². The number of hydrogen-bond donors (Lipinski definition) is 0. The minimum absolute atomic E-state index is 0.359. The van der Waals surface area contributed by atoms with E-state index in [2.05, 4.69) is 13.8 Å². The predicted octanol–water partition coefficient (Wildman–Crippen LogP) is 3.03. The number of hydrogen-bond acceptors (Lipinski definition) is 10. The van der Waals surface area contributed by atoms with Gasteiger partial charge in [0.1, 0.15) is 5.60 Å². The van der Waals surface area contributed by atoms with Gasteiger partial charge in [-0.25, -0.2) is 4.79 Å². The zero-order valence-corrected chi connectivity index (χ0v) is 24.8. The Morgan fingerprint density at radius 3 is 1.24 bits per heavy atom. The Balaban J connectivity index is 3.18. The molecule has 1 unspecified atom stereocenters. The van der Waals surface area contributed by atoms with E-state index in [-0.39, 0.29) is 6.09 Å². The number of carbonyl (C=O) groups is 1. The second kappa shape index (κ2) is 26.2. The van der Waals surface area contributed by atoms with E-state index in [0.29, 0.717) is 112 Å². The molecule has 0 aliphatic carbocycles. The van der Waals surface area contributed by atoms with Gasteiger partial charge in [-0.2, -0.15) is 0 Å². The molecule has 1 amide bonds. The van der Waals surface area contributed by atoms with Crippen LogP contribution in [0.2, 0.25) is 0 Å². The van der Waals surface area contributed by atoms with Gasteiger partial charge in [-0.1, -0.05) is 20.3 Å². The van der Waals surface area contributed by atoms with Crippen LogP contribution in [0.5, 0.6) is 0 Å². The van der Waals surface area contributed by atoms with E-state index in [9.17, 15) is 4.79 Å². The Kier molecular flexibility index (Phi) is 25.5. The molecule has 228 valence electrons. The first-order valence-electron chi connectivity index (χ1n) is 13.8. The number of likely N-dealkylation sites (N-methyl/N-ethyl adjacent to an activating group) is 1. The lowest BCUT2D eigenvalue weighted by molar-refractivity contribution is -0.0242. The zero-order chi connectivity index (χ0) is 28.3. The highest BCUT2D eigenvalue weighted by molar-refractivity contribution is 5.67. The summed E-state index contributed by atoms with van der Waals surface area (Å²) < 4.78 is 49.0. The summed E-state index contributed by atoms with van der Waals surface area (Å²) in [6.45, 7) is 18.9. The van der Waals surface area contributed by atoms with Crippen molar-refractivity contribution in [1.82, 2.24) is 4.90 Å². The molecule has 11 heteroatoms. The summed E-state index contributed by atoms with van der Waals surface area (Å²) in [5, 5.41) is 0. The number of amides is 1. The Labute approximate surface area is 230 Å². The van der Waals surface area contributed by atoms with E-state index >= 15 is 0 Å². The summed E-state index contributed by atoms with van der Waals surface area (Å²) in [7, 11) is 1.68. The second-order valence-corrected chi connectivity index (χ2v) is 9.78. The Morgan fingerprint density at radius 2 is 0.921 bits per heavy atom. The van der Waals surface area contributed by atoms with Crippen molar-refractivity contribution in [2.24, 2.45) is 5.92 Å². The van der Waals surface area contributed by atoms with E-state index in [1.54, 1.807) is 7.05 Å². The maximum Gasteiger partial charge on any atom is 0.410 e. The lowest BCUT2D eigenvalue weighted by atomic mass is 10.1. The number of nitrogens with zero attached hydrogens (tertiary/aromatic N) is 1. The molecule has 0 bridgehead atoms. The normalized spacial score (nSPS) is 12.6. The van der Waals surface area contributed by atoms with E-state index in [0.717, 1.165) is 13.0 Å². The van der Waals surface area contributed by atoms with Crippen molar-refractivity contribution < 1.29 is 47.4 Å². The molecule has 0 fully saturated rings. The lowest BCUT2D eigenvalue weighted by Crippen LogP contribution is -2.36. The van der Waals surface area contributed by atoms with Crippen LogP contribution in [0.4, 0.5) is 4.79 Å². The predicted molar refractivity (Wildman–Crippen MR) is 145 cm³/mol. The van der Waals surface area contributed by atoms with Crippen LogP contribution in [0.1, 0.15) is 41.0 Å². The average Bonchev–Trinajstić information content (AvgIpc) is 2.87. The largest absolute Gasteiger partial charge is 0.444 e. The minimum Gasteiger partial charge on any atom is -0.444 e.